The van der Waals surface area contributed by atoms with Crippen LogP contribution in [0.4, 0.5) is 0 Å². The first-order chi connectivity index (χ1) is 16.4. The molecule has 34 heavy (non-hydrogen) atoms. The van der Waals surface area contributed by atoms with Gasteiger partial charge in [0, 0.05) is 18.4 Å². The molecule has 2 aromatic rings. The van der Waals surface area contributed by atoms with Crippen molar-refractivity contribution in [2.45, 2.75) is 45.2 Å². The van der Waals surface area contributed by atoms with E-state index in [1.807, 2.05) is 68.4 Å². The van der Waals surface area contributed by atoms with Crippen LogP contribution in [0.25, 0.3) is 0 Å². The summed E-state index contributed by atoms with van der Waals surface area (Å²) in [6, 6.07) is 17.9. The fourth-order valence-electron chi connectivity index (χ4n) is 4.65. The Bertz CT molecular complexity index is 1010. The summed E-state index contributed by atoms with van der Waals surface area (Å²) < 4.78 is 5.30. The minimum Gasteiger partial charge on any atom is -0.497 e. The zero-order valence-corrected chi connectivity index (χ0v) is 20.2. The highest BCUT2D eigenvalue weighted by Crippen LogP contribution is 2.34. The number of benzene rings is 2. The van der Waals surface area contributed by atoms with E-state index in [1.165, 1.54) is 0 Å². The van der Waals surface area contributed by atoms with Gasteiger partial charge in [0.25, 0.3) is 5.91 Å². The van der Waals surface area contributed by atoms with Crippen LogP contribution < -0.4 is 10.1 Å². The van der Waals surface area contributed by atoms with Crippen LogP contribution in [-0.4, -0.2) is 60.2 Å². The molecule has 1 saturated heterocycles. The molecule has 0 aliphatic carbocycles. The second-order valence-electron chi connectivity index (χ2n) is 9.36. The second kappa shape index (κ2) is 10.8. The van der Waals surface area contributed by atoms with Gasteiger partial charge in [-0.2, -0.15) is 5.10 Å². The van der Waals surface area contributed by atoms with E-state index in [0.717, 1.165) is 48.5 Å². The summed E-state index contributed by atoms with van der Waals surface area (Å²) in [6.07, 6.45) is 2.21. The zero-order chi connectivity index (χ0) is 24.1. The van der Waals surface area contributed by atoms with Crippen LogP contribution in [0, 0.1) is 5.92 Å². The zero-order valence-electron chi connectivity index (χ0n) is 20.2. The Hall–Kier alpha value is -3.19. The summed E-state index contributed by atoms with van der Waals surface area (Å²) in [7, 11) is 1.65. The number of nitrogens with one attached hydrogen (secondary N) is 1. The molecule has 1 unspecified atom stereocenters. The van der Waals surface area contributed by atoms with E-state index in [2.05, 4.69) is 10.2 Å². The highest BCUT2D eigenvalue weighted by atomic mass is 16.5. The summed E-state index contributed by atoms with van der Waals surface area (Å²) >= 11 is 0. The number of hydrazone groups is 1. The number of carbonyl (C=O) groups is 2. The Morgan fingerprint density at radius 1 is 1.06 bits per heavy atom. The van der Waals surface area contributed by atoms with Gasteiger partial charge in [-0.3, -0.25) is 14.5 Å². The summed E-state index contributed by atoms with van der Waals surface area (Å²) in [4.78, 5) is 27.9. The molecule has 1 atom stereocenters. The molecule has 2 heterocycles. The standard InChI is InChI=1S/C27H34N4O3/c1-19(2)28-27(33)22-13-15-30(16-14-22)18-26(32)31-25(21-9-11-23(34-3)12-10-21)17-24(29-31)20-7-5-4-6-8-20/h4-12,19,22,25H,13-18H2,1-3H3,(H,28,33). The van der Waals surface area contributed by atoms with Crippen molar-refractivity contribution in [3.63, 3.8) is 0 Å². The Balaban J connectivity index is 1.45. The predicted octanol–water partition coefficient (Wildman–Crippen LogP) is 3.61. The first-order valence-corrected chi connectivity index (χ1v) is 12.1. The van der Waals surface area contributed by atoms with Crippen LogP contribution in [0.5, 0.6) is 5.75 Å². The molecule has 0 radical (unpaired) electrons. The number of ether oxygens (including phenoxy) is 1. The van der Waals surface area contributed by atoms with Gasteiger partial charge < -0.3 is 10.1 Å². The maximum atomic E-state index is 13.4. The predicted molar refractivity (Wildman–Crippen MR) is 133 cm³/mol. The van der Waals surface area contributed by atoms with Crippen molar-refractivity contribution < 1.29 is 14.3 Å². The van der Waals surface area contributed by atoms with E-state index in [1.54, 1.807) is 12.1 Å². The smallest absolute Gasteiger partial charge is 0.257 e. The topological polar surface area (TPSA) is 74.2 Å². The third-order valence-corrected chi connectivity index (χ3v) is 6.52. The Morgan fingerprint density at radius 3 is 2.35 bits per heavy atom. The van der Waals surface area contributed by atoms with Crippen LogP contribution >= 0.6 is 0 Å². The summed E-state index contributed by atoms with van der Waals surface area (Å²) in [5.41, 5.74) is 2.99. The quantitative estimate of drug-likeness (QED) is 0.682. The molecular weight excluding hydrogens is 428 g/mol. The highest BCUT2D eigenvalue weighted by molar-refractivity contribution is 6.03. The number of nitrogens with zero attached hydrogens (tertiary/aromatic N) is 3. The SMILES string of the molecule is COc1ccc(C2CC(c3ccccc3)=NN2C(=O)CN2CCC(C(=O)NC(C)C)CC2)cc1. The number of hydrogen-bond donors (Lipinski definition) is 1. The van der Waals surface area contributed by atoms with Crippen LogP contribution in [0.15, 0.2) is 59.7 Å². The first-order valence-electron chi connectivity index (χ1n) is 12.1. The molecule has 1 N–H and O–H groups in total. The van der Waals surface area contributed by atoms with E-state index in [4.69, 9.17) is 9.84 Å². The average molecular weight is 463 g/mol. The number of rotatable bonds is 7. The monoisotopic (exact) mass is 462 g/mol. The van der Waals surface area contributed by atoms with Crippen molar-refractivity contribution in [2.75, 3.05) is 26.7 Å². The number of carbonyl (C=O) groups excluding carboxylic acids is 2. The lowest BCUT2D eigenvalue weighted by Crippen LogP contribution is -2.45. The van der Waals surface area contributed by atoms with E-state index in [9.17, 15) is 9.59 Å². The summed E-state index contributed by atoms with van der Waals surface area (Å²) in [5.74, 6) is 0.914. The van der Waals surface area contributed by atoms with Crippen molar-refractivity contribution >= 4 is 17.5 Å². The minimum absolute atomic E-state index is 0.0168. The maximum Gasteiger partial charge on any atom is 0.257 e. The molecule has 180 valence electrons. The average Bonchev–Trinajstić information content (AvgIpc) is 3.30. The van der Waals surface area contributed by atoms with Crippen LogP contribution in [0.2, 0.25) is 0 Å². The summed E-state index contributed by atoms with van der Waals surface area (Å²) in [5, 5.41) is 9.44. The van der Waals surface area contributed by atoms with Gasteiger partial charge in [-0.25, -0.2) is 5.01 Å². The molecule has 2 aliphatic rings. The molecule has 7 nitrogen and oxygen atoms in total. The lowest BCUT2D eigenvalue weighted by Gasteiger charge is -2.32. The van der Waals surface area contributed by atoms with Crippen molar-refractivity contribution in [3.05, 3.63) is 65.7 Å². The van der Waals surface area contributed by atoms with E-state index in [0.29, 0.717) is 13.0 Å². The second-order valence-corrected chi connectivity index (χ2v) is 9.36. The Kier molecular flexibility index (Phi) is 7.63. The van der Waals surface area contributed by atoms with Crippen molar-refractivity contribution in [1.29, 1.82) is 0 Å². The molecular formula is C27H34N4O3. The molecule has 2 amide bonds. The third kappa shape index (κ3) is 5.65. The lowest BCUT2D eigenvalue weighted by atomic mass is 9.95. The molecule has 0 saturated carbocycles. The fraction of sp³-hybridized carbons (Fsp3) is 0.444. The van der Waals surface area contributed by atoms with Crippen molar-refractivity contribution in [1.82, 2.24) is 15.2 Å². The van der Waals surface area contributed by atoms with Gasteiger partial charge in [0.1, 0.15) is 5.75 Å². The van der Waals surface area contributed by atoms with Crippen molar-refractivity contribution in [3.8, 4) is 5.75 Å². The molecule has 0 bridgehead atoms. The van der Waals surface area contributed by atoms with Crippen LogP contribution in [-0.2, 0) is 9.59 Å². The molecule has 1 fully saturated rings. The first kappa shape index (κ1) is 24.0. The van der Waals surface area contributed by atoms with Gasteiger partial charge >= 0.3 is 0 Å². The molecule has 4 rings (SSSR count). The number of methoxy groups -OCH3 is 1. The van der Waals surface area contributed by atoms with Crippen LogP contribution in [0.3, 0.4) is 0 Å². The van der Waals surface area contributed by atoms with E-state index in [-0.39, 0.29) is 29.8 Å². The lowest BCUT2D eigenvalue weighted by molar-refractivity contribution is -0.134. The fourth-order valence-corrected chi connectivity index (χ4v) is 4.65. The normalized spacial score (nSPS) is 19.2. The molecule has 2 aromatic carbocycles. The third-order valence-electron chi connectivity index (χ3n) is 6.52. The largest absolute Gasteiger partial charge is 0.497 e. The van der Waals surface area contributed by atoms with Gasteiger partial charge in [-0.1, -0.05) is 42.5 Å². The number of hydrogen-bond acceptors (Lipinski definition) is 5. The molecule has 0 spiro atoms. The van der Waals surface area contributed by atoms with Gasteiger partial charge in [-0.15, -0.1) is 0 Å². The highest BCUT2D eigenvalue weighted by Gasteiger charge is 2.34. The number of piperidine rings is 1. The Labute approximate surface area is 201 Å². The van der Waals surface area contributed by atoms with Gasteiger partial charge in [0.15, 0.2) is 0 Å². The molecule has 7 heteroatoms. The Morgan fingerprint density at radius 2 is 1.74 bits per heavy atom. The van der Waals surface area contributed by atoms with Gasteiger partial charge in [-0.05, 0) is 63.0 Å². The van der Waals surface area contributed by atoms with E-state index >= 15 is 0 Å². The van der Waals surface area contributed by atoms with Crippen molar-refractivity contribution in [2.24, 2.45) is 11.0 Å². The minimum atomic E-state index is -0.150. The number of likely N-dealkylation sites (tertiary alicyclic amines) is 1. The van der Waals surface area contributed by atoms with E-state index < -0.39 is 0 Å². The number of amides is 2. The van der Waals surface area contributed by atoms with Crippen LogP contribution in [0.1, 0.15) is 50.3 Å². The molecule has 2 aliphatic heterocycles. The molecule has 0 aromatic heterocycles. The van der Waals surface area contributed by atoms with Gasteiger partial charge in [0.05, 0.1) is 25.4 Å². The summed E-state index contributed by atoms with van der Waals surface area (Å²) in [6.45, 7) is 5.73. The van der Waals surface area contributed by atoms with Gasteiger partial charge in [0.2, 0.25) is 5.91 Å². The maximum absolute atomic E-state index is 13.4.